The van der Waals surface area contributed by atoms with Gasteiger partial charge in [-0.3, -0.25) is 4.79 Å². The van der Waals surface area contributed by atoms with Crippen molar-refractivity contribution in [2.24, 2.45) is 10.5 Å². The third-order valence-electron chi connectivity index (χ3n) is 4.61. The number of hydrogen-bond acceptors (Lipinski definition) is 7. The van der Waals surface area contributed by atoms with E-state index < -0.39 is 41.6 Å². The maximum atomic E-state index is 12.5. The van der Waals surface area contributed by atoms with Crippen molar-refractivity contribution in [1.29, 1.82) is 0 Å². The first-order valence-corrected chi connectivity index (χ1v) is 9.08. The van der Waals surface area contributed by atoms with Crippen LogP contribution in [0.3, 0.4) is 0 Å². The minimum absolute atomic E-state index is 0.270. The van der Waals surface area contributed by atoms with Crippen LogP contribution in [0, 0.1) is 5.41 Å². The summed E-state index contributed by atoms with van der Waals surface area (Å²) in [4.78, 5) is 39.3. The number of ether oxygens (including phenoxy) is 3. The number of esters is 3. The zero-order valence-corrected chi connectivity index (χ0v) is 16.7. The van der Waals surface area contributed by atoms with Gasteiger partial charge in [0.15, 0.2) is 12.2 Å². The highest BCUT2D eigenvalue weighted by Crippen LogP contribution is 2.37. The standard InChI is InChI=1S/C20H23N3O6/c1-5-14(22-23-21)18(25)27-12(2)17(24)29-16-15(28-19(26)20(16,3)4)11-13-9-7-6-8-10-13/h5-10,12,15-16H,11H2,1-4H3/b14-5-/t12-,15+,16-/m0/s1. The monoisotopic (exact) mass is 401 g/mol. The average molecular weight is 401 g/mol. The predicted molar refractivity (Wildman–Crippen MR) is 102 cm³/mol. The molecule has 0 aliphatic carbocycles. The second kappa shape index (κ2) is 9.25. The molecule has 0 spiro atoms. The molecule has 1 fully saturated rings. The first-order valence-electron chi connectivity index (χ1n) is 9.08. The SMILES string of the molecule is C/C=C(\N=[N+]=[N-])C(=O)O[C@@H](C)C(=O)O[C@H]1[C@@H](Cc2ccccc2)OC(=O)C1(C)C. The summed E-state index contributed by atoms with van der Waals surface area (Å²) in [7, 11) is 0. The van der Waals surface area contributed by atoms with Gasteiger partial charge in [0.25, 0.3) is 0 Å². The molecule has 0 N–H and O–H groups in total. The van der Waals surface area contributed by atoms with Gasteiger partial charge in [-0.1, -0.05) is 41.5 Å². The molecule has 1 aromatic carbocycles. The van der Waals surface area contributed by atoms with Crippen LogP contribution >= 0.6 is 0 Å². The zero-order chi connectivity index (χ0) is 21.6. The van der Waals surface area contributed by atoms with Crippen molar-refractivity contribution < 1.29 is 28.6 Å². The lowest BCUT2D eigenvalue weighted by atomic mass is 9.85. The van der Waals surface area contributed by atoms with Gasteiger partial charge in [0, 0.05) is 11.3 Å². The zero-order valence-electron chi connectivity index (χ0n) is 16.7. The van der Waals surface area contributed by atoms with Gasteiger partial charge in [-0.25, -0.2) is 9.59 Å². The van der Waals surface area contributed by atoms with Gasteiger partial charge in [0.2, 0.25) is 0 Å². The molecule has 154 valence electrons. The number of rotatable bonds is 7. The molecule has 0 unspecified atom stereocenters. The molecule has 1 aromatic rings. The van der Waals surface area contributed by atoms with Gasteiger partial charge in [-0.2, -0.15) is 0 Å². The Balaban J connectivity index is 2.11. The first kappa shape index (κ1) is 22.0. The number of hydrogen-bond donors (Lipinski definition) is 0. The maximum absolute atomic E-state index is 12.5. The Bertz CT molecular complexity index is 858. The Morgan fingerprint density at radius 2 is 2.00 bits per heavy atom. The fourth-order valence-corrected chi connectivity index (χ4v) is 2.90. The van der Waals surface area contributed by atoms with E-state index in [-0.39, 0.29) is 5.70 Å². The summed E-state index contributed by atoms with van der Waals surface area (Å²) >= 11 is 0. The largest absolute Gasteiger partial charge is 0.458 e. The van der Waals surface area contributed by atoms with Crippen molar-refractivity contribution in [2.45, 2.75) is 52.4 Å². The number of allylic oxidation sites excluding steroid dienone is 1. The molecule has 1 saturated heterocycles. The minimum atomic E-state index is -1.27. The number of benzene rings is 1. The first-order chi connectivity index (χ1) is 13.7. The van der Waals surface area contributed by atoms with Crippen LogP contribution in [0.25, 0.3) is 10.4 Å². The van der Waals surface area contributed by atoms with Crippen LogP contribution in [0.2, 0.25) is 0 Å². The van der Waals surface area contributed by atoms with Gasteiger partial charge in [0.1, 0.15) is 17.2 Å². The summed E-state index contributed by atoms with van der Waals surface area (Å²) < 4.78 is 16.0. The summed E-state index contributed by atoms with van der Waals surface area (Å²) in [5.74, 6) is -2.25. The van der Waals surface area contributed by atoms with Crippen molar-refractivity contribution in [2.75, 3.05) is 0 Å². The van der Waals surface area contributed by atoms with Crippen LogP contribution in [-0.4, -0.2) is 36.2 Å². The summed E-state index contributed by atoms with van der Waals surface area (Å²) in [5, 5.41) is 3.20. The molecule has 0 aromatic heterocycles. The number of carbonyl (C=O) groups is 3. The Morgan fingerprint density at radius 1 is 1.34 bits per heavy atom. The Morgan fingerprint density at radius 3 is 2.59 bits per heavy atom. The van der Waals surface area contributed by atoms with E-state index in [9.17, 15) is 14.4 Å². The molecule has 0 saturated carbocycles. The third-order valence-corrected chi connectivity index (χ3v) is 4.61. The molecule has 0 radical (unpaired) electrons. The number of azide groups is 1. The number of nitrogens with zero attached hydrogens (tertiary/aromatic N) is 3. The van der Waals surface area contributed by atoms with Crippen LogP contribution in [-0.2, 0) is 35.0 Å². The van der Waals surface area contributed by atoms with Crippen molar-refractivity contribution >= 4 is 17.9 Å². The van der Waals surface area contributed by atoms with Gasteiger partial charge in [-0.05, 0) is 38.8 Å². The summed E-state index contributed by atoms with van der Waals surface area (Å²) in [5.41, 5.74) is 8.05. The maximum Gasteiger partial charge on any atom is 0.347 e. The van der Waals surface area contributed by atoms with E-state index in [1.54, 1.807) is 13.8 Å². The van der Waals surface area contributed by atoms with Crippen LogP contribution in [0.4, 0.5) is 0 Å². The smallest absolute Gasteiger partial charge is 0.347 e. The van der Waals surface area contributed by atoms with Crippen LogP contribution in [0.15, 0.2) is 47.2 Å². The quantitative estimate of drug-likeness (QED) is 0.172. The van der Waals surface area contributed by atoms with E-state index in [1.807, 2.05) is 30.3 Å². The molecular weight excluding hydrogens is 378 g/mol. The number of cyclic esters (lactones) is 1. The van der Waals surface area contributed by atoms with Gasteiger partial charge >= 0.3 is 17.9 Å². The lowest BCUT2D eigenvalue weighted by Crippen LogP contribution is -2.42. The molecule has 9 nitrogen and oxygen atoms in total. The lowest BCUT2D eigenvalue weighted by molar-refractivity contribution is -0.173. The van der Waals surface area contributed by atoms with E-state index in [2.05, 4.69) is 10.0 Å². The van der Waals surface area contributed by atoms with E-state index in [4.69, 9.17) is 19.7 Å². The molecule has 2 rings (SSSR count). The highest BCUT2D eigenvalue weighted by Gasteiger charge is 2.53. The van der Waals surface area contributed by atoms with Crippen molar-refractivity contribution in [3.05, 3.63) is 58.1 Å². The van der Waals surface area contributed by atoms with E-state index in [0.29, 0.717) is 6.42 Å². The summed E-state index contributed by atoms with van der Waals surface area (Å²) in [6, 6.07) is 9.37. The second-order valence-corrected chi connectivity index (χ2v) is 7.12. The van der Waals surface area contributed by atoms with Gasteiger partial charge in [-0.15, -0.1) is 0 Å². The predicted octanol–water partition coefficient (Wildman–Crippen LogP) is 3.24. The molecule has 29 heavy (non-hydrogen) atoms. The van der Waals surface area contributed by atoms with Gasteiger partial charge < -0.3 is 14.2 Å². The highest BCUT2D eigenvalue weighted by molar-refractivity contribution is 5.90. The normalized spacial score (nSPS) is 21.5. The summed E-state index contributed by atoms with van der Waals surface area (Å²) in [6.45, 7) is 6.09. The lowest BCUT2D eigenvalue weighted by Gasteiger charge is -2.26. The molecule has 1 heterocycles. The third kappa shape index (κ3) is 5.14. The van der Waals surface area contributed by atoms with Crippen LogP contribution in [0.1, 0.15) is 33.3 Å². The van der Waals surface area contributed by atoms with Crippen molar-refractivity contribution in [1.82, 2.24) is 0 Å². The van der Waals surface area contributed by atoms with Gasteiger partial charge in [0.05, 0.1) is 0 Å². The molecule has 9 heteroatoms. The fourth-order valence-electron chi connectivity index (χ4n) is 2.90. The Labute approximate surface area is 168 Å². The molecular formula is C20H23N3O6. The Kier molecular flexibility index (Phi) is 7.01. The number of carbonyl (C=O) groups excluding carboxylic acids is 3. The fraction of sp³-hybridized carbons (Fsp3) is 0.450. The van der Waals surface area contributed by atoms with Crippen molar-refractivity contribution in [3.63, 3.8) is 0 Å². The van der Waals surface area contributed by atoms with E-state index >= 15 is 0 Å². The molecule has 0 bridgehead atoms. The van der Waals surface area contributed by atoms with E-state index in [1.165, 1.54) is 19.9 Å². The average Bonchev–Trinajstić information content (AvgIpc) is 2.89. The van der Waals surface area contributed by atoms with Crippen molar-refractivity contribution in [3.8, 4) is 0 Å². The highest BCUT2D eigenvalue weighted by atomic mass is 16.6. The van der Waals surface area contributed by atoms with Crippen LogP contribution < -0.4 is 0 Å². The molecule has 0 amide bonds. The van der Waals surface area contributed by atoms with Crippen LogP contribution in [0.5, 0.6) is 0 Å². The molecule has 3 atom stereocenters. The molecule has 1 aliphatic heterocycles. The minimum Gasteiger partial charge on any atom is -0.458 e. The van der Waals surface area contributed by atoms with E-state index in [0.717, 1.165) is 5.56 Å². The topological polar surface area (TPSA) is 128 Å². The Hall–Kier alpha value is -3.32. The molecule has 1 aliphatic rings. The second-order valence-electron chi connectivity index (χ2n) is 7.12. The summed E-state index contributed by atoms with van der Waals surface area (Å²) in [6.07, 6.45) is -1.15.